The van der Waals surface area contributed by atoms with E-state index < -0.39 is 32.4 Å². The number of hydrogen-bond donors (Lipinski definition) is 2. The van der Waals surface area contributed by atoms with Crippen LogP contribution in [0.4, 0.5) is 15.8 Å². The number of anilines is 1. The zero-order chi connectivity index (χ0) is 21.0. The van der Waals surface area contributed by atoms with Crippen LogP contribution in [0.15, 0.2) is 47.4 Å². The molecule has 1 atom stereocenters. The van der Waals surface area contributed by atoms with Crippen molar-refractivity contribution in [3.63, 3.8) is 0 Å². The minimum Gasteiger partial charge on any atom is -0.377 e. The molecule has 0 radical (unpaired) electrons. The zero-order valence-corrected chi connectivity index (χ0v) is 15.9. The Balaban J connectivity index is 1.67. The Hall–Kier alpha value is -2.89. The summed E-state index contributed by atoms with van der Waals surface area (Å²) in [5.74, 6) is -1.64. The minimum atomic E-state index is -3.75. The summed E-state index contributed by atoms with van der Waals surface area (Å²) in [6.07, 6.45) is 1.55. The van der Waals surface area contributed by atoms with Crippen molar-refractivity contribution in [1.82, 2.24) is 4.72 Å². The average molecular weight is 423 g/mol. The van der Waals surface area contributed by atoms with Crippen molar-refractivity contribution in [3.05, 3.63) is 64.0 Å². The third kappa shape index (κ3) is 5.13. The van der Waals surface area contributed by atoms with E-state index in [1.807, 2.05) is 0 Å². The topological polar surface area (TPSA) is 128 Å². The van der Waals surface area contributed by atoms with Gasteiger partial charge in [0.15, 0.2) is 0 Å². The van der Waals surface area contributed by atoms with Gasteiger partial charge in [0.25, 0.3) is 5.91 Å². The number of nitro benzene ring substituents is 1. The van der Waals surface area contributed by atoms with Crippen molar-refractivity contribution in [2.75, 3.05) is 18.5 Å². The van der Waals surface area contributed by atoms with Crippen LogP contribution in [0.3, 0.4) is 0 Å². The summed E-state index contributed by atoms with van der Waals surface area (Å²) in [7, 11) is -3.75. The Labute approximate surface area is 166 Å². The molecule has 1 heterocycles. The van der Waals surface area contributed by atoms with Crippen LogP contribution in [-0.2, 0) is 14.8 Å². The first-order valence-corrected chi connectivity index (χ1v) is 10.2. The summed E-state index contributed by atoms with van der Waals surface area (Å²) >= 11 is 0. The van der Waals surface area contributed by atoms with Crippen molar-refractivity contribution >= 4 is 27.3 Å². The van der Waals surface area contributed by atoms with Crippen LogP contribution in [0.1, 0.15) is 23.2 Å². The lowest BCUT2D eigenvalue weighted by atomic mass is 10.2. The molecule has 11 heteroatoms. The van der Waals surface area contributed by atoms with Crippen LogP contribution in [0.5, 0.6) is 0 Å². The molecular formula is C18H18FN3O6S. The quantitative estimate of drug-likeness (QED) is 0.520. The Morgan fingerprint density at radius 2 is 1.97 bits per heavy atom. The van der Waals surface area contributed by atoms with Gasteiger partial charge in [0.1, 0.15) is 0 Å². The normalized spacial score (nSPS) is 16.5. The fourth-order valence-corrected chi connectivity index (χ4v) is 3.88. The number of hydrogen-bond acceptors (Lipinski definition) is 6. The molecule has 29 heavy (non-hydrogen) atoms. The van der Waals surface area contributed by atoms with E-state index in [4.69, 9.17) is 4.74 Å². The Morgan fingerprint density at radius 3 is 2.59 bits per heavy atom. The number of benzene rings is 2. The largest absolute Gasteiger partial charge is 0.377 e. The molecule has 0 aromatic heterocycles. The standard InChI is InChI=1S/C18H18FN3O6S/c19-16-8-5-13(10-17(16)22(24)25)21-18(23)12-3-6-15(7-4-12)29(26,27)20-11-14-2-1-9-28-14/h3-8,10,14,20H,1-2,9,11H2,(H,21,23)/t14-/m1/s1. The molecule has 1 amide bonds. The van der Waals surface area contributed by atoms with Gasteiger partial charge in [-0.15, -0.1) is 0 Å². The number of nitro groups is 1. The predicted octanol–water partition coefficient (Wildman–Crippen LogP) is 2.44. The number of carbonyl (C=O) groups is 1. The van der Waals surface area contributed by atoms with Gasteiger partial charge >= 0.3 is 5.69 Å². The number of carbonyl (C=O) groups excluding carboxylic acids is 1. The highest BCUT2D eigenvalue weighted by Crippen LogP contribution is 2.22. The van der Waals surface area contributed by atoms with Crippen LogP contribution in [0.2, 0.25) is 0 Å². The second kappa shape index (κ2) is 8.64. The molecule has 1 fully saturated rings. The molecule has 2 aromatic rings. The summed E-state index contributed by atoms with van der Waals surface area (Å²) in [5.41, 5.74) is -0.588. The molecule has 2 N–H and O–H groups in total. The lowest BCUT2D eigenvalue weighted by molar-refractivity contribution is -0.387. The first kappa shape index (κ1) is 20.8. The molecule has 0 unspecified atom stereocenters. The third-order valence-electron chi connectivity index (χ3n) is 4.35. The van der Waals surface area contributed by atoms with Crippen LogP contribution < -0.4 is 10.0 Å². The maximum absolute atomic E-state index is 13.4. The van der Waals surface area contributed by atoms with Gasteiger partial charge in [0.05, 0.1) is 15.9 Å². The van der Waals surface area contributed by atoms with E-state index in [1.165, 1.54) is 30.3 Å². The molecule has 0 aliphatic carbocycles. The maximum atomic E-state index is 13.4. The van der Waals surface area contributed by atoms with E-state index in [-0.39, 0.29) is 28.8 Å². The van der Waals surface area contributed by atoms with Crippen molar-refractivity contribution in [2.24, 2.45) is 0 Å². The number of nitrogens with one attached hydrogen (secondary N) is 2. The van der Waals surface area contributed by atoms with E-state index >= 15 is 0 Å². The molecule has 3 rings (SSSR count). The summed E-state index contributed by atoms with van der Waals surface area (Å²) in [6.45, 7) is 0.793. The number of ether oxygens (including phenoxy) is 1. The fourth-order valence-electron chi connectivity index (χ4n) is 2.81. The molecule has 0 spiro atoms. The SMILES string of the molecule is O=C(Nc1ccc(F)c([N+](=O)[O-])c1)c1ccc(S(=O)(=O)NC[C@H]2CCCO2)cc1. The first-order valence-electron chi connectivity index (χ1n) is 8.73. The van der Waals surface area contributed by atoms with E-state index in [2.05, 4.69) is 10.0 Å². The summed E-state index contributed by atoms with van der Waals surface area (Å²) in [6, 6.07) is 8.15. The maximum Gasteiger partial charge on any atom is 0.306 e. The minimum absolute atomic E-state index is 0.00975. The van der Waals surface area contributed by atoms with Gasteiger partial charge in [-0.25, -0.2) is 13.1 Å². The van der Waals surface area contributed by atoms with Crippen molar-refractivity contribution in [2.45, 2.75) is 23.8 Å². The second-order valence-corrected chi connectivity index (χ2v) is 8.16. The predicted molar refractivity (Wildman–Crippen MR) is 102 cm³/mol. The molecule has 154 valence electrons. The Bertz CT molecular complexity index is 1020. The Morgan fingerprint density at radius 1 is 1.24 bits per heavy atom. The number of halogens is 1. The summed E-state index contributed by atoms with van der Waals surface area (Å²) in [5, 5.41) is 13.2. The number of sulfonamides is 1. The highest BCUT2D eigenvalue weighted by atomic mass is 32.2. The van der Waals surface area contributed by atoms with E-state index in [0.717, 1.165) is 25.0 Å². The van der Waals surface area contributed by atoms with Crippen molar-refractivity contribution < 1.29 is 27.3 Å². The van der Waals surface area contributed by atoms with Gasteiger partial charge in [0, 0.05) is 30.5 Å². The van der Waals surface area contributed by atoms with Crippen molar-refractivity contribution in [1.29, 1.82) is 0 Å². The van der Waals surface area contributed by atoms with Crippen LogP contribution in [-0.4, -0.2) is 38.5 Å². The van der Waals surface area contributed by atoms with Crippen LogP contribution >= 0.6 is 0 Å². The van der Waals surface area contributed by atoms with Crippen LogP contribution in [0, 0.1) is 15.9 Å². The molecule has 0 saturated carbocycles. The van der Waals surface area contributed by atoms with Gasteiger partial charge in [-0.1, -0.05) is 0 Å². The molecule has 2 aromatic carbocycles. The van der Waals surface area contributed by atoms with Gasteiger partial charge in [0.2, 0.25) is 15.8 Å². The molecule has 0 bridgehead atoms. The van der Waals surface area contributed by atoms with E-state index in [1.54, 1.807) is 0 Å². The highest BCUT2D eigenvalue weighted by molar-refractivity contribution is 7.89. The summed E-state index contributed by atoms with van der Waals surface area (Å²) in [4.78, 5) is 22.2. The number of nitrogens with zero attached hydrogens (tertiary/aromatic N) is 1. The molecule has 1 aliphatic rings. The highest BCUT2D eigenvalue weighted by Gasteiger charge is 2.21. The smallest absolute Gasteiger partial charge is 0.306 e. The summed E-state index contributed by atoms with van der Waals surface area (Å²) < 4.78 is 45.9. The molecular weight excluding hydrogens is 405 g/mol. The van der Waals surface area contributed by atoms with Gasteiger partial charge in [-0.05, 0) is 49.2 Å². The number of amides is 1. The third-order valence-corrected chi connectivity index (χ3v) is 5.79. The van der Waals surface area contributed by atoms with E-state index in [9.17, 15) is 27.7 Å². The zero-order valence-electron chi connectivity index (χ0n) is 15.1. The molecule has 1 aliphatic heterocycles. The fraction of sp³-hybridized carbons (Fsp3) is 0.278. The van der Waals surface area contributed by atoms with Gasteiger partial charge in [-0.2, -0.15) is 4.39 Å². The molecule has 1 saturated heterocycles. The van der Waals surface area contributed by atoms with E-state index in [0.29, 0.717) is 6.61 Å². The lowest BCUT2D eigenvalue weighted by Gasteiger charge is -2.12. The average Bonchev–Trinajstić information content (AvgIpc) is 3.21. The molecule has 9 nitrogen and oxygen atoms in total. The number of rotatable bonds is 7. The second-order valence-electron chi connectivity index (χ2n) is 6.39. The van der Waals surface area contributed by atoms with Crippen molar-refractivity contribution in [3.8, 4) is 0 Å². The monoisotopic (exact) mass is 423 g/mol. The van der Waals surface area contributed by atoms with Gasteiger partial charge in [-0.3, -0.25) is 14.9 Å². The first-order chi connectivity index (χ1) is 13.8. The van der Waals surface area contributed by atoms with Gasteiger partial charge < -0.3 is 10.1 Å². The Kier molecular flexibility index (Phi) is 6.20. The lowest BCUT2D eigenvalue weighted by Crippen LogP contribution is -2.31. The van der Waals surface area contributed by atoms with Crippen LogP contribution in [0.25, 0.3) is 0 Å².